The Labute approximate surface area is 227 Å². The lowest BCUT2D eigenvalue weighted by Crippen LogP contribution is -2.30. The van der Waals surface area contributed by atoms with Crippen LogP contribution in [0, 0.1) is 13.8 Å². The zero-order chi connectivity index (χ0) is 26.1. The lowest BCUT2D eigenvalue weighted by Gasteiger charge is -2.19. The van der Waals surface area contributed by atoms with Crippen LogP contribution < -0.4 is 0 Å². The maximum absolute atomic E-state index is 13.1. The Morgan fingerprint density at radius 3 is 2.32 bits per heavy atom. The number of halogens is 2. The zero-order valence-corrected chi connectivity index (χ0v) is 22.3. The summed E-state index contributed by atoms with van der Waals surface area (Å²) >= 11 is 13.8. The van der Waals surface area contributed by atoms with Crippen molar-refractivity contribution in [1.29, 1.82) is 0 Å². The van der Waals surface area contributed by atoms with Crippen LogP contribution >= 0.6 is 35.0 Å². The number of fused-ring (bicyclic) bond motifs is 1. The Balaban J connectivity index is 1.40. The first-order valence-corrected chi connectivity index (χ1v) is 13.2. The average molecular weight is 557 g/mol. The molecule has 0 bridgehead atoms. The number of carbonyl (C=O) groups excluding carboxylic acids is 2. The number of rotatable bonds is 6. The lowest BCUT2D eigenvalue weighted by atomic mass is 10.1. The molecule has 0 amide bonds. The number of imidazole rings is 1. The van der Waals surface area contributed by atoms with E-state index in [1.54, 1.807) is 30.6 Å². The van der Waals surface area contributed by atoms with Gasteiger partial charge in [-0.1, -0.05) is 48.0 Å². The number of aryl methyl sites for hydroxylation is 2. The summed E-state index contributed by atoms with van der Waals surface area (Å²) in [5.41, 5.74) is 3.53. The number of carbonyl (C=O) groups is 2. The molecule has 8 nitrogen and oxygen atoms in total. The molecular formula is C26H22Cl2N4O4S. The van der Waals surface area contributed by atoms with E-state index in [1.807, 2.05) is 42.7 Å². The zero-order valence-electron chi connectivity index (χ0n) is 19.9. The van der Waals surface area contributed by atoms with Crippen LogP contribution in [0.2, 0.25) is 10.4 Å². The third kappa shape index (κ3) is 5.30. The SMILES string of the molecule is Cc1ccccc1C(=O)OC[C@H]1S[C@@H](n2cnc3c(Cl)nc(Cl)nc32)C[C@@H]1OC(=O)c1ccccc1C. The Morgan fingerprint density at radius 1 is 1.00 bits per heavy atom. The molecule has 1 aliphatic heterocycles. The lowest BCUT2D eigenvalue weighted by molar-refractivity contribution is 0.0205. The molecule has 1 fully saturated rings. The van der Waals surface area contributed by atoms with Gasteiger partial charge in [-0.15, -0.1) is 11.8 Å². The number of esters is 2. The van der Waals surface area contributed by atoms with E-state index in [0.717, 1.165) is 11.1 Å². The van der Waals surface area contributed by atoms with E-state index in [4.69, 9.17) is 32.7 Å². The van der Waals surface area contributed by atoms with Crippen molar-refractivity contribution in [3.63, 3.8) is 0 Å². The van der Waals surface area contributed by atoms with Crippen LogP contribution in [0.15, 0.2) is 54.9 Å². The number of thioether (sulfide) groups is 1. The molecule has 1 aliphatic rings. The molecule has 3 atom stereocenters. The maximum atomic E-state index is 13.1. The van der Waals surface area contributed by atoms with Crippen LogP contribution in [0.4, 0.5) is 0 Å². The van der Waals surface area contributed by atoms with E-state index in [9.17, 15) is 9.59 Å². The number of hydrogen-bond acceptors (Lipinski definition) is 8. The van der Waals surface area contributed by atoms with Crippen LogP contribution in [0.3, 0.4) is 0 Å². The summed E-state index contributed by atoms with van der Waals surface area (Å²) in [4.78, 5) is 38.4. The first kappa shape index (κ1) is 25.5. The van der Waals surface area contributed by atoms with Gasteiger partial charge in [0.05, 0.1) is 28.1 Å². The summed E-state index contributed by atoms with van der Waals surface area (Å²) in [6.45, 7) is 3.77. The molecule has 11 heteroatoms. The van der Waals surface area contributed by atoms with Crippen molar-refractivity contribution in [2.75, 3.05) is 6.61 Å². The molecule has 4 aromatic rings. The number of nitrogens with zero attached hydrogens (tertiary/aromatic N) is 4. The molecule has 2 aromatic heterocycles. The molecule has 37 heavy (non-hydrogen) atoms. The van der Waals surface area contributed by atoms with E-state index in [1.165, 1.54) is 11.8 Å². The Kier molecular flexibility index (Phi) is 7.37. The van der Waals surface area contributed by atoms with Crippen molar-refractivity contribution in [2.45, 2.75) is 37.0 Å². The summed E-state index contributed by atoms with van der Waals surface area (Å²) in [6.07, 6.45) is 1.53. The molecule has 0 saturated carbocycles. The Bertz CT molecular complexity index is 1490. The van der Waals surface area contributed by atoms with Gasteiger partial charge in [0.15, 0.2) is 10.8 Å². The Hall–Kier alpha value is -3.14. The van der Waals surface area contributed by atoms with Gasteiger partial charge in [0.1, 0.15) is 18.2 Å². The second-order valence-electron chi connectivity index (χ2n) is 8.64. The van der Waals surface area contributed by atoms with E-state index >= 15 is 0 Å². The summed E-state index contributed by atoms with van der Waals surface area (Å²) in [7, 11) is 0. The number of aromatic nitrogens is 4. The molecule has 0 unspecified atom stereocenters. The molecule has 0 aliphatic carbocycles. The second kappa shape index (κ2) is 10.7. The van der Waals surface area contributed by atoms with Gasteiger partial charge < -0.3 is 14.0 Å². The predicted octanol–water partition coefficient (Wildman–Crippen LogP) is 5.84. The van der Waals surface area contributed by atoms with Crippen LogP contribution in [0.5, 0.6) is 0 Å². The normalized spacial score (nSPS) is 19.2. The highest BCUT2D eigenvalue weighted by Crippen LogP contribution is 2.45. The van der Waals surface area contributed by atoms with Gasteiger partial charge in [0, 0.05) is 6.42 Å². The summed E-state index contributed by atoms with van der Waals surface area (Å²) in [5.74, 6) is -0.853. The van der Waals surface area contributed by atoms with Crippen LogP contribution in [0.25, 0.3) is 11.2 Å². The third-order valence-corrected chi connectivity index (χ3v) is 8.16. The van der Waals surface area contributed by atoms with Crippen molar-refractivity contribution in [2.24, 2.45) is 0 Å². The summed E-state index contributed by atoms with van der Waals surface area (Å²) in [5, 5.41) is -0.378. The quantitative estimate of drug-likeness (QED) is 0.166. The molecule has 0 spiro atoms. The van der Waals surface area contributed by atoms with Gasteiger partial charge >= 0.3 is 11.9 Å². The van der Waals surface area contributed by atoms with Gasteiger partial charge in [0.2, 0.25) is 5.28 Å². The minimum Gasteiger partial charge on any atom is -0.461 e. The second-order valence-corrected chi connectivity index (χ2v) is 10.8. The van der Waals surface area contributed by atoms with E-state index in [-0.39, 0.29) is 27.7 Å². The molecule has 2 aromatic carbocycles. The standard InChI is InChI=1S/C26H22Cl2N4O4S/c1-14-7-3-5-9-16(14)24(33)35-12-19-18(36-25(34)17-10-6-4-8-15(17)2)11-20(37-19)32-13-29-21-22(27)30-26(28)31-23(21)32/h3-10,13,18-20H,11-12H2,1-2H3/t18-,19+,20+/m0/s1. The number of hydrogen-bond donors (Lipinski definition) is 0. The molecule has 190 valence electrons. The van der Waals surface area contributed by atoms with Gasteiger partial charge in [-0.2, -0.15) is 4.98 Å². The number of ether oxygens (including phenoxy) is 2. The molecular weight excluding hydrogens is 535 g/mol. The van der Waals surface area contributed by atoms with Crippen LogP contribution in [-0.4, -0.2) is 49.4 Å². The van der Waals surface area contributed by atoms with Crippen molar-refractivity contribution in [3.8, 4) is 0 Å². The van der Waals surface area contributed by atoms with Gasteiger partial charge in [-0.3, -0.25) is 0 Å². The average Bonchev–Trinajstić information content (AvgIpc) is 3.47. The van der Waals surface area contributed by atoms with Gasteiger partial charge in [0.25, 0.3) is 0 Å². The summed E-state index contributed by atoms with van der Waals surface area (Å²) < 4.78 is 13.5. The fourth-order valence-corrected chi connectivity index (χ4v) is 6.15. The molecule has 5 rings (SSSR count). The summed E-state index contributed by atoms with van der Waals surface area (Å²) in [6, 6.07) is 14.5. The minimum atomic E-state index is -0.531. The first-order chi connectivity index (χ1) is 17.8. The third-order valence-electron chi connectivity index (χ3n) is 6.21. The van der Waals surface area contributed by atoms with Crippen molar-refractivity contribution < 1.29 is 19.1 Å². The van der Waals surface area contributed by atoms with Crippen LogP contribution in [0.1, 0.15) is 43.6 Å². The van der Waals surface area contributed by atoms with Gasteiger partial charge in [-0.25, -0.2) is 19.6 Å². The van der Waals surface area contributed by atoms with Gasteiger partial charge in [-0.05, 0) is 48.7 Å². The predicted molar refractivity (Wildman–Crippen MR) is 142 cm³/mol. The van der Waals surface area contributed by atoms with E-state index in [0.29, 0.717) is 28.7 Å². The fraction of sp³-hybridized carbons (Fsp3) is 0.269. The molecule has 0 radical (unpaired) electrons. The molecule has 1 saturated heterocycles. The van der Waals surface area contributed by atoms with E-state index in [2.05, 4.69) is 15.0 Å². The largest absolute Gasteiger partial charge is 0.461 e. The number of benzene rings is 2. The minimum absolute atomic E-state index is 0.00786. The fourth-order valence-electron chi connectivity index (χ4n) is 4.25. The Morgan fingerprint density at radius 2 is 1.65 bits per heavy atom. The topological polar surface area (TPSA) is 96.2 Å². The highest BCUT2D eigenvalue weighted by atomic mass is 35.5. The van der Waals surface area contributed by atoms with Crippen molar-refractivity contribution >= 4 is 58.1 Å². The first-order valence-electron chi connectivity index (χ1n) is 11.5. The molecule has 3 heterocycles. The molecule has 0 N–H and O–H groups in total. The van der Waals surface area contributed by atoms with E-state index < -0.39 is 18.0 Å². The maximum Gasteiger partial charge on any atom is 0.338 e. The monoisotopic (exact) mass is 556 g/mol. The highest BCUT2D eigenvalue weighted by molar-refractivity contribution is 8.00. The van der Waals surface area contributed by atoms with Crippen molar-refractivity contribution in [1.82, 2.24) is 19.5 Å². The van der Waals surface area contributed by atoms with Crippen molar-refractivity contribution in [3.05, 3.63) is 87.5 Å². The smallest absolute Gasteiger partial charge is 0.338 e. The highest BCUT2D eigenvalue weighted by Gasteiger charge is 2.40. The van der Waals surface area contributed by atoms with Crippen LogP contribution in [-0.2, 0) is 9.47 Å².